The molecule has 21 heavy (non-hydrogen) atoms. The van der Waals surface area contributed by atoms with Gasteiger partial charge in [-0.15, -0.1) is 10.2 Å². The average molecular weight is 334 g/mol. The molecule has 3 N–H and O–H groups in total. The van der Waals surface area contributed by atoms with Crippen LogP contribution in [0.15, 0.2) is 28.0 Å². The van der Waals surface area contributed by atoms with Crippen molar-refractivity contribution in [3.05, 3.63) is 29.3 Å². The Hall–Kier alpha value is -1.81. The quantitative estimate of drug-likeness (QED) is 0.664. The van der Waals surface area contributed by atoms with Crippen LogP contribution in [0.25, 0.3) is 0 Å². The van der Waals surface area contributed by atoms with Gasteiger partial charge in [0, 0.05) is 11.4 Å². The second-order valence-electron chi connectivity index (χ2n) is 3.84. The van der Waals surface area contributed by atoms with E-state index < -0.39 is 17.6 Å². The van der Waals surface area contributed by atoms with Gasteiger partial charge in [0.05, 0.1) is 11.3 Å². The Morgan fingerprint density at radius 2 is 2.19 bits per heavy atom. The topological polar surface area (TPSA) is 80.9 Å². The zero-order valence-electron chi connectivity index (χ0n) is 10.3. The predicted octanol–water partition coefficient (Wildman–Crippen LogP) is 2.87. The largest absolute Gasteiger partial charge is 0.418 e. The van der Waals surface area contributed by atoms with Gasteiger partial charge in [0.1, 0.15) is 5.51 Å². The lowest BCUT2D eigenvalue weighted by molar-refractivity contribution is -0.136. The van der Waals surface area contributed by atoms with E-state index in [-0.39, 0.29) is 17.1 Å². The number of aromatic nitrogens is 2. The molecule has 0 radical (unpaired) electrons. The van der Waals surface area contributed by atoms with E-state index in [1.165, 1.54) is 22.9 Å². The second-order valence-corrected chi connectivity index (χ2v) is 5.90. The number of benzene rings is 1. The number of alkyl halides is 3. The van der Waals surface area contributed by atoms with E-state index in [0.717, 1.165) is 23.9 Å². The predicted molar refractivity (Wildman–Crippen MR) is 75.1 cm³/mol. The molecule has 0 spiro atoms. The minimum absolute atomic E-state index is 0.0287. The van der Waals surface area contributed by atoms with Gasteiger partial charge in [-0.25, -0.2) is 0 Å². The van der Waals surface area contributed by atoms with Crippen molar-refractivity contribution in [2.24, 2.45) is 0 Å². The van der Waals surface area contributed by atoms with Gasteiger partial charge >= 0.3 is 6.18 Å². The Morgan fingerprint density at radius 1 is 1.43 bits per heavy atom. The molecule has 1 aromatic carbocycles. The summed E-state index contributed by atoms with van der Waals surface area (Å²) in [7, 11) is 0. The highest BCUT2D eigenvalue weighted by Crippen LogP contribution is 2.35. The number of hydrogen-bond acceptors (Lipinski definition) is 6. The standard InChI is InChI=1S/C11H9F3N4OS2/c12-11(13,14)7-3-6(1-2-8(7)15)17-9(19)4-20-10-18-16-5-21-10/h1-3,5H,4,15H2,(H,17,19). The molecule has 0 atom stereocenters. The van der Waals surface area contributed by atoms with Crippen molar-refractivity contribution in [2.45, 2.75) is 10.5 Å². The number of hydrogen-bond donors (Lipinski definition) is 2. The van der Waals surface area contributed by atoms with Gasteiger partial charge < -0.3 is 11.1 Å². The van der Waals surface area contributed by atoms with Crippen LogP contribution in [0.1, 0.15) is 5.56 Å². The molecule has 112 valence electrons. The lowest BCUT2D eigenvalue weighted by atomic mass is 10.1. The molecule has 0 saturated heterocycles. The zero-order valence-corrected chi connectivity index (χ0v) is 12.0. The molecule has 0 bridgehead atoms. The van der Waals surface area contributed by atoms with Crippen LogP contribution in [-0.4, -0.2) is 21.9 Å². The maximum Gasteiger partial charge on any atom is 0.418 e. The molecule has 0 aliphatic rings. The number of nitrogens with one attached hydrogen (secondary N) is 1. The van der Waals surface area contributed by atoms with Crippen molar-refractivity contribution in [1.29, 1.82) is 0 Å². The van der Waals surface area contributed by atoms with Gasteiger partial charge in [0.15, 0.2) is 4.34 Å². The summed E-state index contributed by atoms with van der Waals surface area (Å²) in [5.74, 6) is -0.408. The third kappa shape index (κ3) is 4.33. The number of thioether (sulfide) groups is 1. The Kier molecular flexibility index (Phi) is 4.68. The SMILES string of the molecule is Nc1ccc(NC(=O)CSc2nncs2)cc1C(F)(F)F. The smallest absolute Gasteiger partial charge is 0.398 e. The van der Waals surface area contributed by atoms with Gasteiger partial charge in [0.25, 0.3) is 0 Å². The first-order valence-corrected chi connectivity index (χ1v) is 7.38. The number of halogens is 3. The molecule has 1 amide bonds. The molecule has 1 aromatic heterocycles. The zero-order chi connectivity index (χ0) is 15.5. The molecule has 0 aliphatic heterocycles. The Morgan fingerprint density at radius 3 is 2.81 bits per heavy atom. The third-order valence-corrected chi connectivity index (χ3v) is 4.17. The summed E-state index contributed by atoms with van der Waals surface area (Å²) in [5, 5.41) is 9.73. The van der Waals surface area contributed by atoms with E-state index in [2.05, 4.69) is 15.5 Å². The molecule has 0 aliphatic carbocycles. The van der Waals surface area contributed by atoms with Crippen molar-refractivity contribution >= 4 is 40.4 Å². The Bertz CT molecular complexity index is 631. The minimum Gasteiger partial charge on any atom is -0.398 e. The molecule has 2 aromatic rings. The van der Waals surface area contributed by atoms with Gasteiger partial charge in [0.2, 0.25) is 5.91 Å². The van der Waals surface area contributed by atoms with Gasteiger partial charge in [-0.3, -0.25) is 4.79 Å². The number of nitrogen functional groups attached to an aromatic ring is 1. The number of anilines is 2. The van der Waals surface area contributed by atoms with E-state index in [9.17, 15) is 18.0 Å². The van der Waals surface area contributed by atoms with Crippen LogP contribution < -0.4 is 11.1 Å². The summed E-state index contributed by atoms with van der Waals surface area (Å²) in [5.41, 5.74) is 5.48. The number of rotatable bonds is 4. The molecule has 0 saturated carbocycles. The maximum atomic E-state index is 12.7. The van der Waals surface area contributed by atoms with Crippen molar-refractivity contribution in [1.82, 2.24) is 10.2 Å². The summed E-state index contributed by atoms with van der Waals surface area (Å²) in [6.45, 7) is 0. The molecule has 1 heterocycles. The van der Waals surface area contributed by atoms with Crippen LogP contribution in [0.4, 0.5) is 24.5 Å². The lowest BCUT2D eigenvalue weighted by Gasteiger charge is -2.12. The number of nitrogens with zero attached hydrogens (tertiary/aromatic N) is 2. The van der Waals surface area contributed by atoms with Crippen LogP contribution in [-0.2, 0) is 11.0 Å². The van der Waals surface area contributed by atoms with Crippen molar-refractivity contribution in [3.8, 4) is 0 Å². The highest BCUT2D eigenvalue weighted by molar-refractivity contribution is 8.01. The van der Waals surface area contributed by atoms with Crippen LogP contribution in [0.5, 0.6) is 0 Å². The Labute approximate surface area is 125 Å². The summed E-state index contributed by atoms with van der Waals surface area (Å²) in [6, 6.07) is 3.23. The average Bonchev–Trinajstić information content (AvgIpc) is 2.90. The summed E-state index contributed by atoms with van der Waals surface area (Å²) >= 11 is 2.43. The monoisotopic (exact) mass is 334 g/mol. The van der Waals surface area contributed by atoms with E-state index in [1.807, 2.05) is 0 Å². The first-order chi connectivity index (χ1) is 9.86. The first-order valence-electron chi connectivity index (χ1n) is 5.52. The lowest BCUT2D eigenvalue weighted by Crippen LogP contribution is -2.15. The normalized spacial score (nSPS) is 11.4. The summed E-state index contributed by atoms with van der Waals surface area (Å²) in [4.78, 5) is 11.7. The van der Waals surface area contributed by atoms with Crippen LogP contribution >= 0.6 is 23.1 Å². The number of carbonyl (C=O) groups excluding carboxylic acids is 1. The fourth-order valence-electron chi connectivity index (χ4n) is 1.43. The molecule has 0 fully saturated rings. The van der Waals surface area contributed by atoms with Crippen LogP contribution in [0.2, 0.25) is 0 Å². The number of carbonyl (C=O) groups is 1. The molecular formula is C11H9F3N4OS2. The molecule has 5 nitrogen and oxygen atoms in total. The fraction of sp³-hybridized carbons (Fsp3) is 0.182. The van der Waals surface area contributed by atoms with Gasteiger partial charge in [-0.1, -0.05) is 23.1 Å². The first kappa shape index (κ1) is 15.6. The summed E-state index contributed by atoms with van der Waals surface area (Å²) in [6.07, 6.45) is -4.56. The van der Waals surface area contributed by atoms with E-state index in [0.29, 0.717) is 4.34 Å². The molecule has 10 heteroatoms. The van der Waals surface area contributed by atoms with E-state index >= 15 is 0 Å². The van der Waals surface area contributed by atoms with E-state index in [1.54, 1.807) is 0 Å². The van der Waals surface area contributed by atoms with Crippen molar-refractivity contribution in [2.75, 3.05) is 16.8 Å². The third-order valence-electron chi connectivity index (χ3n) is 2.31. The second kappa shape index (κ2) is 6.31. The highest BCUT2D eigenvalue weighted by atomic mass is 32.2. The van der Waals surface area contributed by atoms with Crippen molar-refractivity contribution in [3.63, 3.8) is 0 Å². The van der Waals surface area contributed by atoms with Crippen molar-refractivity contribution < 1.29 is 18.0 Å². The van der Waals surface area contributed by atoms with Gasteiger partial charge in [-0.2, -0.15) is 13.2 Å². The summed E-state index contributed by atoms with van der Waals surface area (Å²) < 4.78 is 38.7. The van der Waals surface area contributed by atoms with Gasteiger partial charge in [-0.05, 0) is 18.2 Å². The highest BCUT2D eigenvalue weighted by Gasteiger charge is 2.33. The molecule has 0 unspecified atom stereocenters. The van der Waals surface area contributed by atoms with Crippen LogP contribution in [0, 0.1) is 0 Å². The minimum atomic E-state index is -4.56. The number of amides is 1. The van der Waals surface area contributed by atoms with Crippen LogP contribution in [0.3, 0.4) is 0 Å². The van der Waals surface area contributed by atoms with E-state index in [4.69, 9.17) is 5.73 Å². The molecular weight excluding hydrogens is 325 g/mol. The number of nitrogens with two attached hydrogens (primary N) is 1. The Balaban J connectivity index is 2.01. The fourth-order valence-corrected chi connectivity index (χ4v) is 2.72. The molecule has 2 rings (SSSR count). The maximum absolute atomic E-state index is 12.7.